The second kappa shape index (κ2) is 10.9. The molecule has 0 radical (unpaired) electrons. The summed E-state index contributed by atoms with van der Waals surface area (Å²) in [5.41, 5.74) is -1.10. The number of aromatic nitrogens is 4. The quantitative estimate of drug-likeness (QED) is 0.211. The summed E-state index contributed by atoms with van der Waals surface area (Å²) in [5, 5.41) is 0.931. The Morgan fingerprint density at radius 3 is 2.59 bits per heavy atom. The number of likely N-dealkylation sites (tertiary alicyclic amines) is 1. The monoisotopic (exact) mass is 637 g/mol. The van der Waals surface area contributed by atoms with Crippen LogP contribution in [0.1, 0.15) is 50.1 Å². The zero-order valence-corrected chi connectivity index (χ0v) is 24.8. The number of amides is 1. The average Bonchev–Trinajstić information content (AvgIpc) is 3.46. The van der Waals surface area contributed by atoms with Gasteiger partial charge >= 0.3 is 5.51 Å². The van der Waals surface area contributed by atoms with Crippen molar-refractivity contribution in [3.05, 3.63) is 57.2 Å². The molecular weight excluding hydrogens is 611 g/mol. The Morgan fingerprint density at radius 2 is 1.90 bits per heavy atom. The molecular formula is C27H27BrF3N5OS2. The van der Waals surface area contributed by atoms with Crippen LogP contribution in [-0.4, -0.2) is 48.9 Å². The number of thioether (sulfide) groups is 1. The molecule has 1 amide bonds. The van der Waals surface area contributed by atoms with Crippen LogP contribution in [0, 0.1) is 0 Å². The lowest BCUT2D eigenvalue weighted by Gasteiger charge is -2.31. The molecule has 0 N–H and O–H groups in total. The predicted octanol–water partition coefficient (Wildman–Crippen LogP) is 7.63. The van der Waals surface area contributed by atoms with Crippen molar-refractivity contribution in [2.24, 2.45) is 0 Å². The van der Waals surface area contributed by atoms with Crippen LogP contribution in [0.3, 0.4) is 0 Å². The predicted molar refractivity (Wildman–Crippen MR) is 152 cm³/mol. The van der Waals surface area contributed by atoms with Gasteiger partial charge in [0.1, 0.15) is 12.1 Å². The summed E-state index contributed by atoms with van der Waals surface area (Å²) in [5.74, 6) is 0.197. The minimum Gasteiger partial charge on any atom is -0.341 e. The maximum atomic E-state index is 13.2. The molecule has 1 fully saturated rings. The highest BCUT2D eigenvalue weighted by Gasteiger charge is 2.31. The standard InChI is InChI=1S/C27H27BrF3N5OS2/c1-26(2,3)18-11-17(12-19(13-18)39-27(29,30)31)22-23(28)38-25(34-22)16-6-9-35(10-7-16)21(37)14-36-15-33-20-5-4-8-32-24(20)36/h4-5,8,11-13,15-16H,6-7,9-10,14H2,1-3H3. The number of rotatable bonds is 5. The Balaban J connectivity index is 1.30. The fourth-order valence-electron chi connectivity index (χ4n) is 4.67. The summed E-state index contributed by atoms with van der Waals surface area (Å²) in [6.07, 6.45) is 4.87. The molecule has 0 saturated carbocycles. The maximum Gasteiger partial charge on any atom is 0.446 e. The zero-order chi connectivity index (χ0) is 27.9. The largest absolute Gasteiger partial charge is 0.446 e. The van der Waals surface area contributed by atoms with Crippen molar-refractivity contribution >= 4 is 56.1 Å². The lowest BCUT2D eigenvalue weighted by atomic mass is 9.86. The molecule has 12 heteroatoms. The summed E-state index contributed by atoms with van der Waals surface area (Å²) in [6.45, 7) is 7.36. The van der Waals surface area contributed by atoms with Gasteiger partial charge < -0.3 is 9.47 Å². The van der Waals surface area contributed by atoms with E-state index in [0.717, 1.165) is 32.7 Å². The summed E-state index contributed by atoms with van der Waals surface area (Å²) < 4.78 is 42.2. The molecule has 0 bridgehead atoms. The van der Waals surface area contributed by atoms with Gasteiger partial charge in [0.05, 0.1) is 20.8 Å². The molecule has 4 aromatic rings. The highest BCUT2D eigenvalue weighted by atomic mass is 79.9. The minimum atomic E-state index is -4.37. The van der Waals surface area contributed by atoms with Crippen molar-refractivity contribution < 1.29 is 18.0 Å². The van der Waals surface area contributed by atoms with E-state index in [-0.39, 0.29) is 40.4 Å². The SMILES string of the molecule is CC(C)(C)c1cc(SC(F)(F)F)cc(-c2nc(C3CCN(C(=O)Cn4cnc5cccnc54)CC3)sc2Br)c1. The smallest absolute Gasteiger partial charge is 0.341 e. The average molecular weight is 639 g/mol. The van der Waals surface area contributed by atoms with Gasteiger partial charge in [0.2, 0.25) is 5.91 Å². The van der Waals surface area contributed by atoms with Gasteiger partial charge in [0.15, 0.2) is 5.65 Å². The minimum absolute atomic E-state index is 0.0214. The van der Waals surface area contributed by atoms with Crippen molar-refractivity contribution in [3.8, 4) is 11.3 Å². The number of nitrogens with zero attached hydrogens (tertiary/aromatic N) is 5. The Hall–Kier alpha value is -2.44. The van der Waals surface area contributed by atoms with Crippen molar-refractivity contribution in [2.75, 3.05) is 13.1 Å². The Morgan fingerprint density at radius 1 is 1.15 bits per heavy atom. The first-order valence-electron chi connectivity index (χ1n) is 12.5. The van der Waals surface area contributed by atoms with Crippen molar-refractivity contribution in [1.82, 2.24) is 24.4 Å². The lowest BCUT2D eigenvalue weighted by molar-refractivity contribution is -0.132. The van der Waals surface area contributed by atoms with E-state index in [1.807, 2.05) is 43.9 Å². The van der Waals surface area contributed by atoms with E-state index in [4.69, 9.17) is 4.98 Å². The molecule has 0 aliphatic carbocycles. The van der Waals surface area contributed by atoms with Gasteiger partial charge in [-0.1, -0.05) is 20.8 Å². The fraction of sp³-hybridized carbons (Fsp3) is 0.407. The number of carbonyl (C=O) groups is 1. The third-order valence-corrected chi connectivity index (χ3v) is 9.33. The van der Waals surface area contributed by atoms with Crippen LogP contribution >= 0.6 is 39.0 Å². The van der Waals surface area contributed by atoms with E-state index in [9.17, 15) is 18.0 Å². The van der Waals surface area contributed by atoms with Crippen molar-refractivity contribution in [2.45, 2.75) is 61.9 Å². The first-order valence-corrected chi connectivity index (χ1v) is 14.9. The number of halogens is 4. The van der Waals surface area contributed by atoms with Gasteiger partial charge in [-0.25, -0.2) is 15.0 Å². The van der Waals surface area contributed by atoms with Gasteiger partial charge in [0, 0.05) is 35.7 Å². The van der Waals surface area contributed by atoms with Crippen LogP contribution in [-0.2, 0) is 16.8 Å². The fourth-order valence-corrected chi connectivity index (χ4v) is 7.10. The number of pyridine rings is 1. The first-order chi connectivity index (χ1) is 18.4. The van der Waals surface area contributed by atoms with Gasteiger partial charge in [-0.05, 0) is 81.8 Å². The summed E-state index contributed by atoms with van der Waals surface area (Å²) in [7, 11) is 0. The van der Waals surface area contributed by atoms with Crippen LogP contribution in [0.4, 0.5) is 13.2 Å². The third kappa shape index (κ3) is 6.49. The topological polar surface area (TPSA) is 63.9 Å². The molecule has 1 aliphatic rings. The summed E-state index contributed by atoms with van der Waals surface area (Å²) in [4.78, 5) is 28.5. The zero-order valence-electron chi connectivity index (χ0n) is 21.6. The Labute approximate surface area is 241 Å². The van der Waals surface area contributed by atoms with E-state index in [1.165, 1.54) is 11.3 Å². The van der Waals surface area contributed by atoms with E-state index in [1.54, 1.807) is 29.2 Å². The Kier molecular flexibility index (Phi) is 7.82. The molecule has 4 heterocycles. The lowest BCUT2D eigenvalue weighted by Crippen LogP contribution is -2.39. The molecule has 6 nitrogen and oxygen atoms in total. The van der Waals surface area contributed by atoms with Crippen LogP contribution < -0.4 is 0 Å². The second-order valence-corrected chi connectivity index (χ2v) is 14.1. The van der Waals surface area contributed by atoms with Crippen LogP contribution in [0.15, 0.2) is 51.5 Å². The van der Waals surface area contributed by atoms with Gasteiger partial charge in [-0.3, -0.25) is 4.79 Å². The molecule has 1 saturated heterocycles. The summed E-state index contributed by atoms with van der Waals surface area (Å²) in [6, 6.07) is 8.78. The van der Waals surface area contributed by atoms with Crippen LogP contribution in [0.5, 0.6) is 0 Å². The molecule has 0 atom stereocenters. The maximum absolute atomic E-state index is 13.2. The van der Waals surface area contributed by atoms with Crippen molar-refractivity contribution in [3.63, 3.8) is 0 Å². The van der Waals surface area contributed by atoms with E-state index in [0.29, 0.717) is 30.0 Å². The molecule has 0 unspecified atom stereocenters. The number of imidazole rings is 1. The normalized spacial score (nSPS) is 15.3. The molecule has 5 rings (SSSR count). The third-order valence-electron chi connectivity index (χ3n) is 6.76. The molecule has 3 aromatic heterocycles. The van der Waals surface area contributed by atoms with E-state index in [2.05, 4.69) is 25.9 Å². The number of fused-ring (bicyclic) bond motifs is 1. The number of alkyl halides is 3. The Bertz CT molecular complexity index is 1500. The van der Waals surface area contributed by atoms with Crippen LogP contribution in [0.25, 0.3) is 22.4 Å². The van der Waals surface area contributed by atoms with E-state index >= 15 is 0 Å². The number of carbonyl (C=O) groups excluding carboxylic acids is 1. The highest BCUT2D eigenvalue weighted by Crippen LogP contribution is 2.44. The summed E-state index contributed by atoms with van der Waals surface area (Å²) >= 11 is 5.03. The molecule has 1 aromatic carbocycles. The van der Waals surface area contributed by atoms with Gasteiger partial charge in [0.25, 0.3) is 0 Å². The molecule has 1 aliphatic heterocycles. The number of piperidine rings is 1. The number of benzene rings is 1. The van der Waals surface area contributed by atoms with Gasteiger partial charge in [-0.2, -0.15) is 13.2 Å². The number of hydrogen-bond acceptors (Lipinski definition) is 6. The molecule has 39 heavy (non-hydrogen) atoms. The molecule has 0 spiro atoms. The van der Waals surface area contributed by atoms with Crippen LogP contribution in [0.2, 0.25) is 0 Å². The van der Waals surface area contributed by atoms with Gasteiger partial charge in [-0.15, -0.1) is 11.3 Å². The van der Waals surface area contributed by atoms with E-state index < -0.39 is 5.51 Å². The number of thiazole rings is 1. The number of hydrogen-bond donors (Lipinski definition) is 0. The second-order valence-electron chi connectivity index (χ2n) is 10.6. The first kappa shape index (κ1) is 28.1. The highest BCUT2D eigenvalue weighted by molar-refractivity contribution is 9.11. The molecule has 206 valence electrons. The van der Waals surface area contributed by atoms with Crippen molar-refractivity contribution in [1.29, 1.82) is 0 Å².